The van der Waals surface area contributed by atoms with E-state index in [1.165, 1.54) is 19.3 Å². The highest BCUT2D eigenvalue weighted by Crippen LogP contribution is 2.59. The Morgan fingerprint density at radius 3 is 2.23 bits per heavy atom. The molecule has 2 heteroatoms. The van der Waals surface area contributed by atoms with E-state index in [9.17, 15) is 10.2 Å². The maximum atomic E-state index is 9.96. The van der Waals surface area contributed by atoms with E-state index < -0.39 is 0 Å². The van der Waals surface area contributed by atoms with Gasteiger partial charge in [0.2, 0.25) is 0 Å². The molecule has 4 bridgehead atoms. The summed E-state index contributed by atoms with van der Waals surface area (Å²) in [6.07, 6.45) is 5.79. The molecule has 4 aliphatic rings. The fourth-order valence-electron chi connectivity index (χ4n) is 4.36. The van der Waals surface area contributed by atoms with Crippen molar-refractivity contribution in [3.63, 3.8) is 0 Å². The third kappa shape index (κ3) is 1.02. The lowest BCUT2D eigenvalue weighted by Gasteiger charge is -2.58. The molecule has 2 nitrogen and oxygen atoms in total. The first-order valence-electron chi connectivity index (χ1n) is 5.51. The van der Waals surface area contributed by atoms with Crippen LogP contribution < -0.4 is 0 Å². The summed E-state index contributed by atoms with van der Waals surface area (Å²) in [6, 6.07) is 0. The lowest BCUT2D eigenvalue weighted by molar-refractivity contribution is -0.147. The zero-order chi connectivity index (χ0) is 9.05. The van der Waals surface area contributed by atoms with E-state index in [1.54, 1.807) is 0 Å². The van der Waals surface area contributed by atoms with Crippen molar-refractivity contribution in [1.82, 2.24) is 0 Å². The first kappa shape index (κ1) is 8.25. The van der Waals surface area contributed by atoms with Crippen molar-refractivity contribution in [3.05, 3.63) is 0 Å². The van der Waals surface area contributed by atoms with E-state index in [0.29, 0.717) is 18.4 Å². The molecule has 0 radical (unpaired) electrons. The minimum Gasteiger partial charge on any atom is -0.396 e. The summed E-state index contributed by atoms with van der Waals surface area (Å²) in [5, 5.41) is 19.4. The first-order valence-corrected chi connectivity index (χ1v) is 5.51. The van der Waals surface area contributed by atoms with Gasteiger partial charge in [0, 0.05) is 6.61 Å². The zero-order valence-corrected chi connectivity index (χ0v) is 7.95. The van der Waals surface area contributed by atoms with E-state index in [-0.39, 0.29) is 11.5 Å². The first-order chi connectivity index (χ1) is 6.22. The van der Waals surface area contributed by atoms with Crippen molar-refractivity contribution in [1.29, 1.82) is 0 Å². The van der Waals surface area contributed by atoms with Crippen molar-refractivity contribution in [2.45, 2.75) is 38.2 Å². The molecule has 4 fully saturated rings. The van der Waals surface area contributed by atoms with Crippen LogP contribution in [-0.4, -0.2) is 22.9 Å². The van der Waals surface area contributed by atoms with E-state index in [1.807, 2.05) is 0 Å². The molecule has 0 aromatic carbocycles. The highest BCUT2D eigenvalue weighted by Gasteiger charge is 2.54. The van der Waals surface area contributed by atoms with E-state index in [2.05, 4.69) is 0 Å². The number of hydrogen-bond acceptors (Lipinski definition) is 2. The second-order valence-electron chi connectivity index (χ2n) is 5.62. The van der Waals surface area contributed by atoms with Crippen LogP contribution in [0.25, 0.3) is 0 Å². The van der Waals surface area contributed by atoms with Crippen LogP contribution in [0, 0.1) is 23.2 Å². The van der Waals surface area contributed by atoms with E-state index >= 15 is 0 Å². The molecule has 2 N–H and O–H groups in total. The predicted octanol–water partition coefficient (Wildman–Crippen LogP) is 1.17. The summed E-state index contributed by atoms with van der Waals surface area (Å²) < 4.78 is 0. The number of rotatable bonds is 1. The van der Waals surface area contributed by atoms with E-state index in [0.717, 1.165) is 18.8 Å². The van der Waals surface area contributed by atoms with Gasteiger partial charge in [-0.25, -0.2) is 0 Å². The molecule has 0 aliphatic heterocycles. The molecule has 0 aromatic rings. The topological polar surface area (TPSA) is 40.5 Å². The van der Waals surface area contributed by atoms with Gasteiger partial charge < -0.3 is 10.2 Å². The molecule has 13 heavy (non-hydrogen) atoms. The van der Waals surface area contributed by atoms with Crippen LogP contribution in [0.3, 0.4) is 0 Å². The summed E-state index contributed by atoms with van der Waals surface area (Å²) in [5.74, 6) is 1.84. The van der Waals surface area contributed by atoms with Crippen LogP contribution in [0.2, 0.25) is 0 Å². The van der Waals surface area contributed by atoms with Crippen LogP contribution in [-0.2, 0) is 0 Å². The molecule has 4 aliphatic carbocycles. The predicted molar refractivity (Wildman–Crippen MR) is 49.1 cm³/mol. The standard InChI is InChI=1S/C11H18O2/c12-6-11-3-7-1-8(4-11)10(13)9(2-7)5-11/h7-10,12-13H,1-6H2/t7?,8-,9+,10?,11?. The van der Waals surface area contributed by atoms with Crippen LogP contribution >= 0.6 is 0 Å². The lowest BCUT2D eigenvalue weighted by Crippen LogP contribution is -2.54. The van der Waals surface area contributed by atoms with Crippen LogP contribution in [0.5, 0.6) is 0 Å². The van der Waals surface area contributed by atoms with Crippen LogP contribution in [0.15, 0.2) is 0 Å². The summed E-state index contributed by atoms with van der Waals surface area (Å²) in [6.45, 7) is 0.350. The third-order valence-electron chi connectivity index (χ3n) is 4.69. The summed E-state index contributed by atoms with van der Waals surface area (Å²) in [5.41, 5.74) is 0.218. The van der Waals surface area contributed by atoms with Gasteiger partial charge in [-0.2, -0.15) is 0 Å². The minimum absolute atomic E-state index is 0.0452. The van der Waals surface area contributed by atoms with Gasteiger partial charge in [-0.15, -0.1) is 0 Å². The highest BCUT2D eigenvalue weighted by atomic mass is 16.3. The monoisotopic (exact) mass is 182 g/mol. The molecule has 0 heterocycles. The molecule has 3 unspecified atom stereocenters. The molecule has 5 atom stereocenters. The van der Waals surface area contributed by atoms with Gasteiger partial charge in [-0.1, -0.05) is 0 Å². The Kier molecular flexibility index (Phi) is 1.58. The van der Waals surface area contributed by atoms with E-state index in [4.69, 9.17) is 0 Å². The van der Waals surface area contributed by atoms with Gasteiger partial charge in [-0.3, -0.25) is 0 Å². The van der Waals surface area contributed by atoms with Gasteiger partial charge in [-0.05, 0) is 55.3 Å². The van der Waals surface area contributed by atoms with Gasteiger partial charge in [0.1, 0.15) is 0 Å². The van der Waals surface area contributed by atoms with Crippen molar-refractivity contribution >= 4 is 0 Å². The summed E-state index contributed by atoms with van der Waals surface area (Å²) >= 11 is 0. The molecule has 74 valence electrons. The van der Waals surface area contributed by atoms with Crippen molar-refractivity contribution < 1.29 is 10.2 Å². The van der Waals surface area contributed by atoms with Gasteiger partial charge in [0.25, 0.3) is 0 Å². The highest BCUT2D eigenvalue weighted by molar-refractivity contribution is 5.04. The second-order valence-corrected chi connectivity index (χ2v) is 5.62. The fourth-order valence-corrected chi connectivity index (χ4v) is 4.36. The number of aliphatic hydroxyl groups excluding tert-OH is 2. The SMILES string of the molecule is OCC12CC3C[C@H](C1)C(O)[C@@H](C3)C2. The Balaban J connectivity index is 1.92. The van der Waals surface area contributed by atoms with Crippen LogP contribution in [0.4, 0.5) is 0 Å². The summed E-state index contributed by atoms with van der Waals surface area (Å²) in [4.78, 5) is 0. The Labute approximate surface area is 79.0 Å². The smallest absolute Gasteiger partial charge is 0.0597 e. The number of hydrogen-bond donors (Lipinski definition) is 2. The molecular formula is C11H18O2. The van der Waals surface area contributed by atoms with Gasteiger partial charge in [0.05, 0.1) is 6.10 Å². The van der Waals surface area contributed by atoms with Crippen molar-refractivity contribution in [2.24, 2.45) is 23.2 Å². The average molecular weight is 182 g/mol. The largest absolute Gasteiger partial charge is 0.396 e. The minimum atomic E-state index is -0.0452. The van der Waals surface area contributed by atoms with Crippen LogP contribution in [0.1, 0.15) is 32.1 Å². The maximum Gasteiger partial charge on any atom is 0.0597 e. The Morgan fingerprint density at radius 1 is 1.08 bits per heavy atom. The maximum absolute atomic E-state index is 9.96. The lowest BCUT2D eigenvalue weighted by atomic mass is 9.49. The molecular weight excluding hydrogens is 164 g/mol. The molecule has 4 rings (SSSR count). The molecule has 4 saturated carbocycles. The molecule has 0 amide bonds. The Hall–Kier alpha value is -0.0800. The molecule has 0 aromatic heterocycles. The van der Waals surface area contributed by atoms with Crippen molar-refractivity contribution in [3.8, 4) is 0 Å². The summed E-state index contributed by atoms with van der Waals surface area (Å²) in [7, 11) is 0. The Morgan fingerprint density at radius 2 is 1.69 bits per heavy atom. The quantitative estimate of drug-likeness (QED) is 0.639. The normalized spacial score (nSPS) is 58.6. The third-order valence-corrected chi connectivity index (χ3v) is 4.69. The molecule has 0 saturated heterocycles. The number of aliphatic hydroxyl groups is 2. The molecule has 0 spiro atoms. The average Bonchev–Trinajstić information content (AvgIpc) is 2.13. The zero-order valence-electron chi connectivity index (χ0n) is 7.95. The van der Waals surface area contributed by atoms with Gasteiger partial charge in [0.15, 0.2) is 0 Å². The van der Waals surface area contributed by atoms with Crippen molar-refractivity contribution in [2.75, 3.05) is 6.61 Å². The second kappa shape index (κ2) is 2.48. The fraction of sp³-hybridized carbons (Fsp3) is 1.00. The van der Waals surface area contributed by atoms with Gasteiger partial charge >= 0.3 is 0 Å². The Bertz CT molecular complexity index is 210.